The van der Waals surface area contributed by atoms with Crippen LogP contribution in [0.4, 0.5) is 5.69 Å². The van der Waals surface area contributed by atoms with Gasteiger partial charge in [-0.1, -0.05) is 42.1 Å². The van der Waals surface area contributed by atoms with Gasteiger partial charge in [0.2, 0.25) is 5.91 Å². The highest BCUT2D eigenvalue weighted by Gasteiger charge is 2.15. The topological polar surface area (TPSA) is 54.9 Å². The molecule has 2 aromatic carbocycles. The van der Waals surface area contributed by atoms with Crippen LogP contribution in [0.15, 0.2) is 59.2 Å². The van der Waals surface area contributed by atoms with Crippen LogP contribution < -0.4 is 5.32 Å². The van der Waals surface area contributed by atoms with Crippen molar-refractivity contribution in [3.8, 4) is 11.1 Å². The molecule has 0 aliphatic heterocycles. The van der Waals surface area contributed by atoms with Crippen molar-refractivity contribution < 1.29 is 4.79 Å². The number of hydrogen-bond acceptors (Lipinski definition) is 5. The molecule has 0 aliphatic rings. The highest BCUT2D eigenvalue weighted by Crippen LogP contribution is 2.38. The molecule has 1 N–H and O–H groups in total. The summed E-state index contributed by atoms with van der Waals surface area (Å²) >= 11 is 3.05. The van der Waals surface area contributed by atoms with Gasteiger partial charge in [-0.05, 0) is 55.2 Å². The SMILES string of the molecule is Cc1cccc(NC(=O)CSc2ncnc3scc(-c4ccc(C)c(C)c4)c23)c1. The van der Waals surface area contributed by atoms with Gasteiger partial charge < -0.3 is 5.32 Å². The van der Waals surface area contributed by atoms with Gasteiger partial charge in [0, 0.05) is 16.6 Å². The lowest BCUT2D eigenvalue weighted by molar-refractivity contribution is -0.113. The summed E-state index contributed by atoms with van der Waals surface area (Å²) in [6.07, 6.45) is 1.57. The third-order valence-corrected chi connectivity index (χ3v) is 6.67. The molecule has 29 heavy (non-hydrogen) atoms. The smallest absolute Gasteiger partial charge is 0.234 e. The number of benzene rings is 2. The fourth-order valence-corrected chi connectivity index (χ4v) is 4.93. The number of carbonyl (C=O) groups excluding carboxylic acids is 1. The lowest BCUT2D eigenvalue weighted by atomic mass is 10.0. The average Bonchev–Trinajstić information content (AvgIpc) is 3.13. The Balaban J connectivity index is 1.58. The van der Waals surface area contributed by atoms with Crippen molar-refractivity contribution in [1.29, 1.82) is 0 Å². The molecule has 2 heterocycles. The fraction of sp³-hybridized carbons (Fsp3) is 0.174. The third kappa shape index (κ3) is 4.33. The van der Waals surface area contributed by atoms with E-state index in [1.165, 1.54) is 22.9 Å². The minimum Gasteiger partial charge on any atom is -0.325 e. The van der Waals surface area contributed by atoms with Gasteiger partial charge in [0.25, 0.3) is 0 Å². The van der Waals surface area contributed by atoms with Gasteiger partial charge in [-0.15, -0.1) is 11.3 Å². The molecule has 146 valence electrons. The van der Waals surface area contributed by atoms with E-state index in [2.05, 4.69) is 52.7 Å². The van der Waals surface area contributed by atoms with Crippen molar-refractivity contribution >= 4 is 44.9 Å². The molecule has 0 atom stereocenters. The normalized spacial score (nSPS) is 11.0. The lowest BCUT2D eigenvalue weighted by Crippen LogP contribution is -2.14. The van der Waals surface area contributed by atoms with Crippen LogP contribution in [-0.2, 0) is 4.79 Å². The first-order valence-corrected chi connectivity index (χ1v) is 11.2. The summed E-state index contributed by atoms with van der Waals surface area (Å²) in [5.41, 5.74) is 6.73. The number of nitrogens with zero attached hydrogens (tertiary/aromatic N) is 2. The van der Waals surface area contributed by atoms with E-state index in [-0.39, 0.29) is 5.91 Å². The highest BCUT2D eigenvalue weighted by molar-refractivity contribution is 8.00. The first-order valence-electron chi connectivity index (χ1n) is 9.30. The summed E-state index contributed by atoms with van der Waals surface area (Å²) in [4.78, 5) is 22.3. The molecule has 4 rings (SSSR count). The van der Waals surface area contributed by atoms with Crippen LogP contribution in [0.5, 0.6) is 0 Å². The third-order valence-electron chi connectivity index (χ3n) is 4.80. The maximum Gasteiger partial charge on any atom is 0.234 e. The predicted molar refractivity (Wildman–Crippen MR) is 123 cm³/mol. The molecule has 0 fully saturated rings. The number of carbonyl (C=O) groups is 1. The largest absolute Gasteiger partial charge is 0.325 e. The Hall–Kier alpha value is -2.70. The van der Waals surface area contributed by atoms with E-state index in [1.807, 2.05) is 31.2 Å². The van der Waals surface area contributed by atoms with Crippen molar-refractivity contribution in [2.24, 2.45) is 0 Å². The van der Waals surface area contributed by atoms with Gasteiger partial charge in [0.15, 0.2) is 0 Å². The van der Waals surface area contributed by atoms with Crippen LogP contribution in [0.1, 0.15) is 16.7 Å². The number of nitrogens with one attached hydrogen (secondary N) is 1. The minimum absolute atomic E-state index is 0.0460. The number of aromatic nitrogens is 2. The number of hydrogen-bond donors (Lipinski definition) is 1. The fourth-order valence-electron chi connectivity index (χ4n) is 3.13. The summed E-state index contributed by atoms with van der Waals surface area (Å²) in [6, 6.07) is 14.3. The number of aryl methyl sites for hydroxylation is 3. The van der Waals surface area contributed by atoms with Gasteiger partial charge in [-0.25, -0.2) is 9.97 Å². The molecule has 0 bridgehead atoms. The molecular weight excluding hydrogens is 398 g/mol. The maximum absolute atomic E-state index is 12.4. The molecule has 2 aromatic heterocycles. The van der Waals surface area contributed by atoms with E-state index in [9.17, 15) is 4.79 Å². The second-order valence-electron chi connectivity index (χ2n) is 7.01. The minimum atomic E-state index is -0.0460. The molecule has 0 aliphatic carbocycles. The van der Waals surface area contributed by atoms with Crippen LogP contribution in [0.2, 0.25) is 0 Å². The first-order chi connectivity index (χ1) is 14.0. The van der Waals surface area contributed by atoms with E-state index in [0.29, 0.717) is 5.75 Å². The Kier molecular flexibility index (Phi) is 5.65. The van der Waals surface area contributed by atoms with E-state index in [1.54, 1.807) is 17.7 Å². The number of fused-ring (bicyclic) bond motifs is 1. The van der Waals surface area contributed by atoms with Crippen molar-refractivity contribution in [3.05, 3.63) is 70.9 Å². The summed E-state index contributed by atoms with van der Waals surface area (Å²) in [5.74, 6) is 0.248. The Morgan fingerprint density at radius 1 is 1.07 bits per heavy atom. The molecule has 4 aromatic rings. The molecule has 0 unspecified atom stereocenters. The van der Waals surface area contributed by atoms with Crippen molar-refractivity contribution in [1.82, 2.24) is 9.97 Å². The average molecular weight is 420 g/mol. The van der Waals surface area contributed by atoms with Crippen molar-refractivity contribution in [2.45, 2.75) is 25.8 Å². The summed E-state index contributed by atoms with van der Waals surface area (Å²) in [7, 11) is 0. The van der Waals surface area contributed by atoms with E-state index in [4.69, 9.17) is 0 Å². The second-order valence-corrected chi connectivity index (χ2v) is 8.84. The summed E-state index contributed by atoms with van der Waals surface area (Å²) in [5, 5.41) is 6.94. The summed E-state index contributed by atoms with van der Waals surface area (Å²) in [6.45, 7) is 6.24. The van der Waals surface area contributed by atoms with Crippen molar-refractivity contribution in [2.75, 3.05) is 11.1 Å². The highest BCUT2D eigenvalue weighted by atomic mass is 32.2. The van der Waals surface area contributed by atoms with Crippen LogP contribution in [0.3, 0.4) is 0 Å². The Morgan fingerprint density at radius 3 is 2.72 bits per heavy atom. The van der Waals surface area contributed by atoms with Gasteiger partial charge in [-0.3, -0.25) is 4.79 Å². The first kappa shape index (κ1) is 19.6. The molecule has 6 heteroatoms. The monoisotopic (exact) mass is 419 g/mol. The van der Waals surface area contributed by atoms with Gasteiger partial charge in [-0.2, -0.15) is 0 Å². The zero-order valence-corrected chi connectivity index (χ0v) is 18.2. The van der Waals surface area contributed by atoms with Gasteiger partial charge in [0.05, 0.1) is 11.1 Å². The number of anilines is 1. The van der Waals surface area contributed by atoms with Crippen LogP contribution in [0, 0.1) is 20.8 Å². The summed E-state index contributed by atoms with van der Waals surface area (Å²) < 4.78 is 0. The van der Waals surface area contributed by atoms with Gasteiger partial charge >= 0.3 is 0 Å². The second kappa shape index (κ2) is 8.35. The number of thioether (sulfide) groups is 1. The maximum atomic E-state index is 12.4. The molecule has 0 radical (unpaired) electrons. The zero-order chi connectivity index (χ0) is 20.4. The zero-order valence-electron chi connectivity index (χ0n) is 16.5. The number of thiophene rings is 1. The van der Waals surface area contributed by atoms with E-state index >= 15 is 0 Å². The van der Waals surface area contributed by atoms with Gasteiger partial charge in [0.1, 0.15) is 16.2 Å². The van der Waals surface area contributed by atoms with Crippen molar-refractivity contribution in [3.63, 3.8) is 0 Å². The van der Waals surface area contributed by atoms with E-state index < -0.39 is 0 Å². The van der Waals surface area contributed by atoms with Crippen LogP contribution in [0.25, 0.3) is 21.3 Å². The molecule has 1 amide bonds. The Labute approximate surface area is 178 Å². The molecule has 0 saturated carbocycles. The molecule has 4 nitrogen and oxygen atoms in total. The Bertz CT molecular complexity index is 1200. The van der Waals surface area contributed by atoms with Crippen LogP contribution >= 0.6 is 23.1 Å². The van der Waals surface area contributed by atoms with E-state index in [0.717, 1.165) is 37.6 Å². The predicted octanol–water partition coefficient (Wildman–Crippen LogP) is 6.01. The van der Waals surface area contributed by atoms with Crippen LogP contribution in [-0.4, -0.2) is 21.6 Å². The quantitative estimate of drug-likeness (QED) is 0.318. The standard InChI is InChI=1S/C23H21N3OS2/c1-14-5-4-6-18(9-14)26-20(27)12-29-23-21-19(11-28-22(21)24-13-25-23)17-8-7-15(2)16(3)10-17/h4-11,13H,12H2,1-3H3,(H,26,27). The molecule has 0 spiro atoms. The number of amides is 1. The molecular formula is C23H21N3OS2. The number of rotatable bonds is 5. The Morgan fingerprint density at radius 2 is 1.93 bits per heavy atom. The molecule has 0 saturated heterocycles. The lowest BCUT2D eigenvalue weighted by Gasteiger charge is -2.08.